The SMILES string of the molecule is CC(F)(F)c1ccc(Cn2ncc(-c3c(N)[nH]c4ccccc34)n2)o1.O=C(O)c1ncoc1-c1ccccc1. The van der Waals surface area contributed by atoms with Crippen LogP contribution in [0.2, 0.25) is 0 Å². The number of carboxylic acid groups (broad SMARTS) is 1. The number of nitrogens with zero attached hydrogens (tertiary/aromatic N) is 4. The summed E-state index contributed by atoms with van der Waals surface area (Å²) < 4.78 is 36.7. The number of H-pyrrole nitrogens is 1. The molecule has 4 N–H and O–H groups in total. The molecule has 0 radical (unpaired) electrons. The van der Waals surface area contributed by atoms with E-state index in [0.717, 1.165) is 29.8 Å². The van der Waals surface area contributed by atoms with E-state index in [1.54, 1.807) is 18.3 Å². The van der Waals surface area contributed by atoms with Crippen LogP contribution in [0.5, 0.6) is 0 Å². The Morgan fingerprint density at radius 2 is 1.85 bits per heavy atom. The molecule has 6 rings (SSSR count). The van der Waals surface area contributed by atoms with E-state index in [1.807, 2.05) is 42.5 Å². The molecule has 39 heavy (non-hydrogen) atoms. The van der Waals surface area contributed by atoms with Crippen molar-refractivity contribution >= 4 is 22.7 Å². The molecule has 2 aromatic carbocycles. The predicted octanol–water partition coefficient (Wildman–Crippen LogP) is 5.80. The molecule has 0 fully saturated rings. The van der Waals surface area contributed by atoms with Gasteiger partial charge in [-0.25, -0.2) is 9.78 Å². The van der Waals surface area contributed by atoms with Gasteiger partial charge in [0.05, 0.1) is 11.8 Å². The number of furan rings is 1. The first kappa shape index (κ1) is 25.4. The van der Waals surface area contributed by atoms with Gasteiger partial charge in [-0.05, 0) is 18.2 Å². The number of carbonyl (C=O) groups is 1. The van der Waals surface area contributed by atoms with Crippen LogP contribution < -0.4 is 5.73 Å². The smallest absolute Gasteiger partial charge is 0.358 e. The zero-order valence-corrected chi connectivity index (χ0v) is 20.5. The molecular weight excluding hydrogens is 510 g/mol. The molecule has 0 amide bonds. The summed E-state index contributed by atoms with van der Waals surface area (Å²) in [5.41, 5.74) is 8.99. The summed E-state index contributed by atoms with van der Waals surface area (Å²) in [6, 6.07) is 19.5. The van der Waals surface area contributed by atoms with E-state index in [-0.39, 0.29) is 23.8 Å². The third-order valence-corrected chi connectivity index (χ3v) is 5.73. The normalized spacial score (nSPS) is 11.4. The lowest BCUT2D eigenvalue weighted by Crippen LogP contribution is -2.05. The highest BCUT2D eigenvalue weighted by molar-refractivity contribution is 6.00. The number of hydrogen-bond acceptors (Lipinski definition) is 7. The van der Waals surface area contributed by atoms with Crippen molar-refractivity contribution in [2.45, 2.75) is 19.4 Å². The molecule has 0 aliphatic heterocycles. The second-order valence-electron chi connectivity index (χ2n) is 8.58. The summed E-state index contributed by atoms with van der Waals surface area (Å²) in [5.74, 6) is -3.34. The molecule has 0 aliphatic rings. The molecule has 4 heterocycles. The first-order valence-electron chi connectivity index (χ1n) is 11.7. The molecular formula is C27H22F2N6O4. The number of nitrogens with two attached hydrogens (primary N) is 1. The average molecular weight is 533 g/mol. The number of nitrogen functional groups attached to an aromatic ring is 1. The Bertz CT molecular complexity index is 1730. The van der Waals surface area contributed by atoms with Gasteiger partial charge in [-0.2, -0.15) is 23.8 Å². The summed E-state index contributed by atoms with van der Waals surface area (Å²) in [5, 5.41) is 18.3. The lowest BCUT2D eigenvalue weighted by Gasteiger charge is -2.05. The predicted molar refractivity (Wildman–Crippen MR) is 138 cm³/mol. The van der Waals surface area contributed by atoms with Crippen LogP contribution in [0.25, 0.3) is 33.5 Å². The van der Waals surface area contributed by atoms with Crippen molar-refractivity contribution in [3.8, 4) is 22.6 Å². The van der Waals surface area contributed by atoms with Gasteiger partial charge in [0.2, 0.25) is 0 Å². The van der Waals surface area contributed by atoms with Gasteiger partial charge in [0.25, 0.3) is 0 Å². The number of aromatic amines is 1. The number of hydrogen-bond donors (Lipinski definition) is 3. The zero-order valence-electron chi connectivity index (χ0n) is 20.5. The molecule has 10 nitrogen and oxygen atoms in total. The van der Waals surface area contributed by atoms with Crippen LogP contribution >= 0.6 is 0 Å². The van der Waals surface area contributed by atoms with Crippen LogP contribution in [0.3, 0.4) is 0 Å². The highest BCUT2D eigenvalue weighted by Gasteiger charge is 2.28. The van der Waals surface area contributed by atoms with Gasteiger partial charge in [0.1, 0.15) is 23.8 Å². The van der Waals surface area contributed by atoms with Crippen LogP contribution in [-0.4, -0.2) is 36.0 Å². The summed E-state index contributed by atoms with van der Waals surface area (Å²) in [6.45, 7) is 0.942. The number of benzene rings is 2. The van der Waals surface area contributed by atoms with E-state index in [0.29, 0.717) is 22.8 Å². The highest BCUT2D eigenvalue weighted by atomic mass is 19.3. The summed E-state index contributed by atoms with van der Waals surface area (Å²) >= 11 is 0. The number of para-hydroxylation sites is 1. The topological polar surface area (TPSA) is 149 Å². The van der Waals surface area contributed by atoms with E-state index in [4.69, 9.17) is 19.7 Å². The Hall–Kier alpha value is -5.26. The molecule has 0 spiro atoms. The van der Waals surface area contributed by atoms with Crippen LogP contribution in [0.4, 0.5) is 14.6 Å². The van der Waals surface area contributed by atoms with Gasteiger partial charge in [0.15, 0.2) is 23.6 Å². The molecule has 0 saturated carbocycles. The minimum absolute atomic E-state index is 0.0591. The van der Waals surface area contributed by atoms with Crippen molar-refractivity contribution in [1.29, 1.82) is 0 Å². The minimum atomic E-state index is -3.01. The number of aromatic nitrogens is 5. The minimum Gasteiger partial charge on any atom is -0.476 e. The van der Waals surface area contributed by atoms with Gasteiger partial charge >= 0.3 is 11.9 Å². The Balaban J connectivity index is 0.000000186. The molecule has 0 aliphatic carbocycles. The molecule has 0 saturated heterocycles. The van der Waals surface area contributed by atoms with Gasteiger partial charge in [-0.3, -0.25) is 0 Å². The third-order valence-electron chi connectivity index (χ3n) is 5.73. The standard InChI is InChI=1S/C17H15F2N5O.C10H7NO3/c1-17(18,19)14-7-6-10(25-14)9-24-21-8-13(23-24)15-11-4-2-3-5-12(11)22-16(15)20;12-10(13)8-9(14-6-11-8)7-4-2-1-3-5-7/h2-8,22H,9,20H2,1H3;1-6H,(H,12,13). The first-order valence-corrected chi connectivity index (χ1v) is 11.7. The van der Waals surface area contributed by atoms with Crippen LogP contribution in [0, 0.1) is 0 Å². The van der Waals surface area contributed by atoms with Crippen molar-refractivity contribution in [3.63, 3.8) is 0 Å². The fraction of sp³-hybridized carbons (Fsp3) is 0.111. The van der Waals surface area contributed by atoms with Crippen molar-refractivity contribution < 1.29 is 27.5 Å². The van der Waals surface area contributed by atoms with Gasteiger partial charge < -0.3 is 24.7 Å². The van der Waals surface area contributed by atoms with Crippen LogP contribution in [0.1, 0.15) is 28.9 Å². The number of aromatic carboxylic acids is 1. The number of nitrogens with one attached hydrogen (secondary N) is 1. The Kier molecular flexibility index (Phi) is 6.67. The van der Waals surface area contributed by atoms with E-state index in [9.17, 15) is 13.6 Å². The largest absolute Gasteiger partial charge is 0.476 e. The number of halogens is 2. The lowest BCUT2D eigenvalue weighted by molar-refractivity contribution is -0.00641. The third kappa shape index (κ3) is 5.39. The fourth-order valence-electron chi connectivity index (χ4n) is 3.96. The van der Waals surface area contributed by atoms with Crippen molar-refractivity contribution in [2.75, 3.05) is 5.73 Å². The average Bonchev–Trinajstić information content (AvgIpc) is 3.70. The quantitative estimate of drug-likeness (QED) is 0.244. The number of alkyl halides is 2. The maximum Gasteiger partial charge on any atom is 0.358 e. The van der Waals surface area contributed by atoms with E-state index in [2.05, 4.69) is 20.2 Å². The molecule has 0 unspecified atom stereocenters. The van der Waals surface area contributed by atoms with Crippen molar-refractivity contribution in [3.05, 3.63) is 96.5 Å². The lowest BCUT2D eigenvalue weighted by atomic mass is 10.1. The van der Waals surface area contributed by atoms with Gasteiger partial charge in [0, 0.05) is 23.4 Å². The summed E-state index contributed by atoms with van der Waals surface area (Å²) in [6.07, 6.45) is 2.72. The Morgan fingerprint density at radius 3 is 2.56 bits per heavy atom. The van der Waals surface area contributed by atoms with E-state index < -0.39 is 11.9 Å². The number of anilines is 1. The summed E-state index contributed by atoms with van der Waals surface area (Å²) in [7, 11) is 0. The Labute approximate surface area is 219 Å². The maximum absolute atomic E-state index is 13.2. The summed E-state index contributed by atoms with van der Waals surface area (Å²) in [4.78, 5) is 18.8. The number of fused-ring (bicyclic) bond motifs is 1. The number of oxazole rings is 1. The van der Waals surface area contributed by atoms with Crippen molar-refractivity contribution in [2.24, 2.45) is 0 Å². The maximum atomic E-state index is 13.2. The van der Waals surface area contributed by atoms with Gasteiger partial charge in [-0.1, -0.05) is 48.5 Å². The van der Waals surface area contributed by atoms with E-state index >= 15 is 0 Å². The molecule has 4 aromatic heterocycles. The van der Waals surface area contributed by atoms with Crippen LogP contribution in [-0.2, 0) is 12.5 Å². The molecule has 0 atom stereocenters. The van der Waals surface area contributed by atoms with Crippen LogP contribution in [0.15, 0.2) is 88.2 Å². The second kappa shape index (κ2) is 10.2. The van der Waals surface area contributed by atoms with Gasteiger partial charge in [-0.15, -0.1) is 0 Å². The first-order chi connectivity index (χ1) is 18.7. The number of carboxylic acids is 1. The molecule has 12 heteroatoms. The second-order valence-corrected chi connectivity index (χ2v) is 8.58. The molecule has 198 valence electrons. The molecule has 6 aromatic rings. The molecule has 0 bridgehead atoms. The number of rotatable bonds is 6. The monoisotopic (exact) mass is 532 g/mol. The van der Waals surface area contributed by atoms with E-state index in [1.165, 1.54) is 16.9 Å². The van der Waals surface area contributed by atoms with Crippen molar-refractivity contribution in [1.82, 2.24) is 25.0 Å². The Morgan fingerprint density at radius 1 is 1.10 bits per heavy atom. The zero-order chi connectivity index (χ0) is 27.6. The highest BCUT2D eigenvalue weighted by Crippen LogP contribution is 2.33. The fourth-order valence-corrected chi connectivity index (χ4v) is 3.96.